The molecule has 0 bridgehead atoms. The first kappa shape index (κ1) is 16.9. The summed E-state index contributed by atoms with van der Waals surface area (Å²) in [6, 6.07) is 8.78. The molecule has 1 unspecified atom stereocenters. The monoisotopic (exact) mass is 390 g/mol. The summed E-state index contributed by atoms with van der Waals surface area (Å²) in [5.74, 6) is -0.398. The Hall–Kier alpha value is -1.11. The van der Waals surface area contributed by atoms with Crippen molar-refractivity contribution in [1.29, 1.82) is 0 Å². The fourth-order valence-corrected chi connectivity index (χ4v) is 2.11. The summed E-state index contributed by atoms with van der Waals surface area (Å²) in [6.07, 6.45) is 0.298. The van der Waals surface area contributed by atoms with Crippen LogP contribution in [0.3, 0.4) is 0 Å². The lowest BCUT2D eigenvalue weighted by atomic mass is 10.0. The third-order valence-corrected chi connectivity index (χ3v) is 4.34. The van der Waals surface area contributed by atoms with Gasteiger partial charge < -0.3 is 9.47 Å². The second-order valence-electron chi connectivity index (χ2n) is 4.67. The molecule has 0 N–H and O–H groups in total. The van der Waals surface area contributed by atoms with Crippen molar-refractivity contribution in [3.63, 3.8) is 0 Å². The average molecular weight is 390 g/mol. The van der Waals surface area contributed by atoms with E-state index in [9.17, 15) is 9.59 Å². The molecule has 0 saturated heterocycles. The van der Waals surface area contributed by atoms with Gasteiger partial charge in [0.15, 0.2) is 0 Å². The highest BCUT2D eigenvalue weighted by Crippen LogP contribution is 2.17. The van der Waals surface area contributed by atoms with Crippen molar-refractivity contribution in [3.8, 4) is 0 Å². The highest BCUT2D eigenvalue weighted by Gasteiger charge is 2.21. The number of methoxy groups -OCH3 is 1. The molecule has 4 nitrogen and oxygen atoms in total. The fourth-order valence-electron chi connectivity index (χ4n) is 1.75. The van der Waals surface area contributed by atoms with E-state index >= 15 is 0 Å². The molecule has 1 aromatic carbocycles. The van der Waals surface area contributed by atoms with Gasteiger partial charge in [0.2, 0.25) is 0 Å². The number of alkyl halides is 1. The standard InChI is InChI=1S/C15H19IO4/c1-11(10-16)8-13(9-14(17)19-2)20-15(18)12-6-4-3-5-7-12/h3-7,11,13H,8-10H2,1-2H3/t11?,13-/m1/s1. The quantitative estimate of drug-likeness (QED) is 0.408. The van der Waals surface area contributed by atoms with Crippen LogP contribution in [-0.2, 0) is 14.3 Å². The van der Waals surface area contributed by atoms with E-state index in [1.54, 1.807) is 24.3 Å². The number of benzene rings is 1. The summed E-state index contributed by atoms with van der Waals surface area (Å²) in [7, 11) is 1.33. The van der Waals surface area contributed by atoms with Crippen LogP contribution >= 0.6 is 22.6 Å². The molecule has 110 valence electrons. The Morgan fingerprint density at radius 2 is 1.90 bits per heavy atom. The van der Waals surface area contributed by atoms with Gasteiger partial charge in [0.05, 0.1) is 19.1 Å². The lowest BCUT2D eigenvalue weighted by molar-refractivity contribution is -0.143. The summed E-state index contributed by atoms with van der Waals surface area (Å²) in [4.78, 5) is 23.4. The number of halogens is 1. The van der Waals surface area contributed by atoms with Gasteiger partial charge >= 0.3 is 11.9 Å². The molecular weight excluding hydrogens is 371 g/mol. The predicted molar refractivity (Wildman–Crippen MR) is 84.9 cm³/mol. The number of hydrogen-bond acceptors (Lipinski definition) is 4. The summed E-state index contributed by atoms with van der Waals surface area (Å²) >= 11 is 2.28. The number of rotatable bonds is 7. The highest BCUT2D eigenvalue weighted by molar-refractivity contribution is 14.1. The number of hydrogen-bond donors (Lipinski definition) is 0. The molecule has 0 amide bonds. The minimum atomic E-state index is -0.445. The number of carbonyl (C=O) groups is 2. The third kappa shape index (κ3) is 5.90. The van der Waals surface area contributed by atoms with E-state index < -0.39 is 12.1 Å². The van der Waals surface area contributed by atoms with Gasteiger partial charge in [-0.2, -0.15) is 0 Å². The summed E-state index contributed by atoms with van der Waals surface area (Å²) in [5, 5.41) is 0. The van der Waals surface area contributed by atoms with Gasteiger partial charge in [-0.05, 0) is 24.5 Å². The molecule has 2 atom stereocenters. The molecule has 0 heterocycles. The summed E-state index contributed by atoms with van der Waals surface area (Å²) < 4.78 is 11.0. The van der Waals surface area contributed by atoms with Gasteiger partial charge in [-0.25, -0.2) is 4.79 Å². The minimum absolute atomic E-state index is 0.0933. The normalized spacial score (nSPS) is 13.3. The number of ether oxygens (including phenoxy) is 2. The van der Waals surface area contributed by atoms with Gasteiger partial charge in [-0.15, -0.1) is 0 Å². The van der Waals surface area contributed by atoms with E-state index in [0.717, 1.165) is 4.43 Å². The van der Waals surface area contributed by atoms with Crippen molar-refractivity contribution in [2.45, 2.75) is 25.9 Å². The molecule has 1 rings (SSSR count). The highest BCUT2D eigenvalue weighted by atomic mass is 127. The zero-order chi connectivity index (χ0) is 15.0. The van der Waals surface area contributed by atoms with Crippen molar-refractivity contribution in [3.05, 3.63) is 35.9 Å². The van der Waals surface area contributed by atoms with Gasteiger partial charge in [0, 0.05) is 4.43 Å². The molecule has 0 saturated carbocycles. The van der Waals surface area contributed by atoms with Crippen LogP contribution in [0.25, 0.3) is 0 Å². The molecule has 0 spiro atoms. The molecule has 0 aromatic heterocycles. The smallest absolute Gasteiger partial charge is 0.338 e. The summed E-state index contributed by atoms with van der Waals surface area (Å²) in [5.41, 5.74) is 0.490. The fraction of sp³-hybridized carbons (Fsp3) is 0.467. The first-order chi connectivity index (χ1) is 9.56. The maximum atomic E-state index is 12.0. The molecular formula is C15H19IO4. The SMILES string of the molecule is COC(=O)C[C@@H](CC(C)CI)OC(=O)c1ccccc1. The zero-order valence-electron chi connectivity index (χ0n) is 11.7. The van der Waals surface area contributed by atoms with Crippen LogP contribution in [0, 0.1) is 5.92 Å². The molecule has 5 heteroatoms. The van der Waals surface area contributed by atoms with E-state index in [-0.39, 0.29) is 12.4 Å². The second kappa shape index (κ2) is 8.94. The zero-order valence-corrected chi connectivity index (χ0v) is 13.8. The Bertz CT molecular complexity index is 433. The number of carbonyl (C=O) groups excluding carboxylic acids is 2. The molecule has 0 fully saturated rings. The van der Waals surface area contributed by atoms with Gasteiger partial charge in [0.25, 0.3) is 0 Å². The largest absolute Gasteiger partial charge is 0.469 e. The molecule has 0 aliphatic rings. The van der Waals surface area contributed by atoms with Gasteiger partial charge in [-0.1, -0.05) is 47.7 Å². The average Bonchev–Trinajstić information content (AvgIpc) is 2.47. The Balaban J connectivity index is 2.68. The second-order valence-corrected chi connectivity index (χ2v) is 5.55. The van der Waals surface area contributed by atoms with Crippen molar-refractivity contribution in [1.82, 2.24) is 0 Å². The molecule has 0 aliphatic heterocycles. The van der Waals surface area contributed by atoms with Crippen molar-refractivity contribution in [2.24, 2.45) is 5.92 Å². The Morgan fingerprint density at radius 1 is 1.25 bits per heavy atom. The first-order valence-electron chi connectivity index (χ1n) is 6.45. The topological polar surface area (TPSA) is 52.6 Å². The Morgan fingerprint density at radius 3 is 2.45 bits per heavy atom. The van der Waals surface area contributed by atoms with Crippen LogP contribution < -0.4 is 0 Å². The lowest BCUT2D eigenvalue weighted by Crippen LogP contribution is -2.25. The third-order valence-electron chi connectivity index (χ3n) is 2.83. The van der Waals surface area contributed by atoms with Crippen LogP contribution in [0.2, 0.25) is 0 Å². The van der Waals surface area contributed by atoms with Crippen molar-refractivity contribution in [2.75, 3.05) is 11.5 Å². The van der Waals surface area contributed by atoms with Crippen LogP contribution in [-0.4, -0.2) is 29.6 Å². The van der Waals surface area contributed by atoms with Crippen LogP contribution in [0.5, 0.6) is 0 Å². The van der Waals surface area contributed by atoms with E-state index in [1.807, 2.05) is 6.07 Å². The van der Waals surface area contributed by atoms with E-state index in [0.29, 0.717) is 17.9 Å². The lowest BCUT2D eigenvalue weighted by Gasteiger charge is -2.19. The Labute approximate surface area is 133 Å². The van der Waals surface area contributed by atoms with E-state index in [1.165, 1.54) is 7.11 Å². The van der Waals surface area contributed by atoms with Gasteiger partial charge in [-0.3, -0.25) is 4.79 Å². The van der Waals surface area contributed by atoms with Crippen LogP contribution in [0.15, 0.2) is 30.3 Å². The first-order valence-corrected chi connectivity index (χ1v) is 7.98. The summed E-state index contributed by atoms with van der Waals surface area (Å²) in [6.45, 7) is 2.06. The Kier molecular flexibility index (Phi) is 7.58. The number of esters is 2. The van der Waals surface area contributed by atoms with E-state index in [4.69, 9.17) is 4.74 Å². The van der Waals surface area contributed by atoms with E-state index in [2.05, 4.69) is 34.3 Å². The molecule has 0 radical (unpaired) electrons. The molecule has 20 heavy (non-hydrogen) atoms. The maximum absolute atomic E-state index is 12.0. The van der Waals surface area contributed by atoms with Crippen molar-refractivity contribution >= 4 is 34.5 Å². The minimum Gasteiger partial charge on any atom is -0.469 e. The van der Waals surface area contributed by atoms with Crippen molar-refractivity contribution < 1.29 is 19.1 Å². The molecule has 1 aromatic rings. The molecule has 0 aliphatic carbocycles. The van der Waals surface area contributed by atoms with Crippen LogP contribution in [0.1, 0.15) is 30.1 Å². The maximum Gasteiger partial charge on any atom is 0.338 e. The van der Waals surface area contributed by atoms with Gasteiger partial charge in [0.1, 0.15) is 6.10 Å². The van der Waals surface area contributed by atoms with Crippen LogP contribution in [0.4, 0.5) is 0 Å². The predicted octanol–water partition coefficient (Wildman–Crippen LogP) is 3.24.